The van der Waals surface area contributed by atoms with Crippen LogP contribution in [-0.4, -0.2) is 41.4 Å². The minimum Gasteiger partial charge on any atom is -0.353 e. The lowest BCUT2D eigenvalue weighted by molar-refractivity contribution is -0.120. The summed E-state index contributed by atoms with van der Waals surface area (Å²) in [5, 5.41) is 2.79. The Bertz CT molecular complexity index is 1030. The van der Waals surface area contributed by atoms with Crippen molar-refractivity contribution in [2.45, 2.75) is 6.54 Å². The first-order chi connectivity index (χ1) is 14.6. The number of rotatable bonds is 5. The molecule has 3 heterocycles. The van der Waals surface area contributed by atoms with Crippen LogP contribution in [0.25, 0.3) is 0 Å². The number of piperazine rings is 1. The molecule has 30 heavy (non-hydrogen) atoms. The molecule has 2 amide bonds. The summed E-state index contributed by atoms with van der Waals surface area (Å²) in [6.45, 7) is 1.81. The second kappa shape index (κ2) is 8.69. The monoisotopic (exact) mass is 405 g/mol. The van der Waals surface area contributed by atoms with E-state index in [-0.39, 0.29) is 30.7 Å². The lowest BCUT2D eigenvalue weighted by Gasteiger charge is -2.28. The highest BCUT2D eigenvalue weighted by Gasteiger charge is 2.20. The first kappa shape index (κ1) is 19.5. The van der Waals surface area contributed by atoms with E-state index in [1.54, 1.807) is 41.6 Å². The van der Waals surface area contributed by atoms with Crippen molar-refractivity contribution in [2.75, 3.05) is 29.4 Å². The van der Waals surface area contributed by atoms with Gasteiger partial charge in [-0.3, -0.25) is 14.6 Å². The third-order valence-corrected chi connectivity index (χ3v) is 4.80. The number of nitrogens with one attached hydrogen (secondary N) is 1. The van der Waals surface area contributed by atoms with E-state index >= 15 is 0 Å². The molecule has 7 nitrogen and oxygen atoms in total. The minimum atomic E-state index is -0.371. The fourth-order valence-electron chi connectivity index (χ4n) is 3.26. The van der Waals surface area contributed by atoms with Crippen molar-refractivity contribution in [1.82, 2.24) is 15.3 Å². The second-order valence-electron chi connectivity index (χ2n) is 6.91. The third-order valence-electron chi connectivity index (χ3n) is 4.80. The summed E-state index contributed by atoms with van der Waals surface area (Å²) in [5.74, 6) is 0.0628. The molecule has 0 bridgehead atoms. The SMILES string of the molecule is O=C1CN(c2ccc(CN(C(=O)c3cccnc3)c3ccc(F)cc3)cn2)CCN1. The summed E-state index contributed by atoms with van der Waals surface area (Å²) >= 11 is 0. The van der Waals surface area contributed by atoms with Crippen LogP contribution in [-0.2, 0) is 11.3 Å². The molecule has 0 unspecified atom stereocenters. The number of carbonyl (C=O) groups is 2. The first-order valence-corrected chi connectivity index (χ1v) is 9.54. The molecule has 0 aliphatic carbocycles. The number of pyridine rings is 2. The Hall–Kier alpha value is -3.81. The van der Waals surface area contributed by atoms with Gasteiger partial charge in [0.05, 0.1) is 18.7 Å². The van der Waals surface area contributed by atoms with Crippen LogP contribution in [0.4, 0.5) is 15.9 Å². The molecule has 152 valence electrons. The molecular weight excluding hydrogens is 385 g/mol. The van der Waals surface area contributed by atoms with Gasteiger partial charge in [0.1, 0.15) is 11.6 Å². The molecule has 1 saturated heterocycles. The summed E-state index contributed by atoms with van der Waals surface area (Å²) in [6.07, 6.45) is 4.79. The van der Waals surface area contributed by atoms with Gasteiger partial charge in [-0.1, -0.05) is 6.07 Å². The maximum Gasteiger partial charge on any atom is 0.260 e. The Morgan fingerprint density at radius 3 is 2.63 bits per heavy atom. The van der Waals surface area contributed by atoms with Gasteiger partial charge in [-0.25, -0.2) is 9.37 Å². The number of benzene rings is 1. The fourth-order valence-corrected chi connectivity index (χ4v) is 3.26. The summed E-state index contributed by atoms with van der Waals surface area (Å²) in [7, 11) is 0. The van der Waals surface area contributed by atoms with Crippen molar-refractivity contribution in [3.63, 3.8) is 0 Å². The van der Waals surface area contributed by atoms with Crippen LogP contribution in [0.5, 0.6) is 0 Å². The van der Waals surface area contributed by atoms with Crippen LogP contribution >= 0.6 is 0 Å². The zero-order valence-corrected chi connectivity index (χ0v) is 16.2. The number of halogens is 1. The fraction of sp³-hybridized carbons (Fsp3) is 0.182. The van der Waals surface area contributed by atoms with E-state index in [1.807, 2.05) is 17.0 Å². The number of nitrogens with zero attached hydrogens (tertiary/aromatic N) is 4. The van der Waals surface area contributed by atoms with Crippen molar-refractivity contribution >= 4 is 23.3 Å². The van der Waals surface area contributed by atoms with Crippen molar-refractivity contribution in [3.05, 3.63) is 84.1 Å². The smallest absolute Gasteiger partial charge is 0.260 e. The molecular formula is C22H20FN5O2. The lowest BCUT2D eigenvalue weighted by atomic mass is 10.1. The summed E-state index contributed by atoms with van der Waals surface area (Å²) in [4.78, 5) is 36.6. The van der Waals surface area contributed by atoms with Crippen LogP contribution in [0.1, 0.15) is 15.9 Å². The maximum absolute atomic E-state index is 13.4. The zero-order valence-electron chi connectivity index (χ0n) is 16.2. The largest absolute Gasteiger partial charge is 0.353 e. The van der Waals surface area contributed by atoms with Gasteiger partial charge >= 0.3 is 0 Å². The Balaban J connectivity index is 1.57. The van der Waals surface area contributed by atoms with E-state index in [0.717, 1.165) is 5.56 Å². The Morgan fingerprint density at radius 1 is 1.13 bits per heavy atom. The average molecular weight is 405 g/mol. The maximum atomic E-state index is 13.4. The van der Waals surface area contributed by atoms with Gasteiger partial charge in [0.25, 0.3) is 5.91 Å². The van der Waals surface area contributed by atoms with E-state index in [1.165, 1.54) is 18.3 Å². The highest BCUT2D eigenvalue weighted by molar-refractivity contribution is 6.05. The van der Waals surface area contributed by atoms with Crippen molar-refractivity contribution in [3.8, 4) is 0 Å². The third kappa shape index (κ3) is 4.43. The number of hydrogen-bond acceptors (Lipinski definition) is 5. The van der Waals surface area contributed by atoms with Gasteiger partial charge in [-0.05, 0) is 48.0 Å². The van der Waals surface area contributed by atoms with Gasteiger partial charge in [-0.15, -0.1) is 0 Å². The predicted molar refractivity (Wildman–Crippen MR) is 111 cm³/mol. The average Bonchev–Trinajstić information content (AvgIpc) is 2.79. The van der Waals surface area contributed by atoms with Crippen molar-refractivity contribution < 1.29 is 14.0 Å². The van der Waals surface area contributed by atoms with Crippen LogP contribution in [0.2, 0.25) is 0 Å². The van der Waals surface area contributed by atoms with Gasteiger partial charge in [0.15, 0.2) is 0 Å². The topological polar surface area (TPSA) is 78.4 Å². The van der Waals surface area contributed by atoms with Crippen LogP contribution in [0.15, 0.2) is 67.1 Å². The van der Waals surface area contributed by atoms with E-state index in [0.29, 0.717) is 30.2 Å². The lowest BCUT2D eigenvalue weighted by Crippen LogP contribution is -2.48. The predicted octanol–water partition coefficient (Wildman–Crippen LogP) is 2.40. The van der Waals surface area contributed by atoms with E-state index in [9.17, 15) is 14.0 Å². The van der Waals surface area contributed by atoms with Gasteiger partial charge in [0, 0.05) is 37.4 Å². The number of anilines is 2. The standard InChI is InChI=1S/C22H20FN5O2/c23-18-4-6-19(7-5-18)28(22(30)17-2-1-9-24-13-17)14-16-3-8-20(26-12-16)27-11-10-25-21(29)15-27/h1-9,12-13H,10-11,14-15H2,(H,25,29). The highest BCUT2D eigenvalue weighted by atomic mass is 19.1. The van der Waals surface area contributed by atoms with Crippen molar-refractivity contribution in [1.29, 1.82) is 0 Å². The van der Waals surface area contributed by atoms with Crippen LogP contribution in [0.3, 0.4) is 0 Å². The van der Waals surface area contributed by atoms with Crippen LogP contribution < -0.4 is 15.1 Å². The minimum absolute atomic E-state index is 0.0309. The Morgan fingerprint density at radius 2 is 1.97 bits per heavy atom. The quantitative estimate of drug-likeness (QED) is 0.705. The normalized spacial score (nSPS) is 13.6. The van der Waals surface area contributed by atoms with E-state index < -0.39 is 0 Å². The number of amides is 2. The molecule has 0 atom stereocenters. The molecule has 1 fully saturated rings. The zero-order chi connectivity index (χ0) is 20.9. The summed E-state index contributed by atoms with van der Waals surface area (Å²) < 4.78 is 13.4. The molecule has 1 aliphatic heterocycles. The molecule has 3 aromatic rings. The molecule has 1 aliphatic rings. The molecule has 1 aromatic carbocycles. The highest BCUT2D eigenvalue weighted by Crippen LogP contribution is 2.21. The number of aromatic nitrogens is 2. The van der Waals surface area contributed by atoms with Gasteiger partial charge in [0.2, 0.25) is 5.91 Å². The number of carbonyl (C=O) groups excluding carboxylic acids is 2. The molecule has 2 aromatic heterocycles. The molecule has 8 heteroatoms. The van der Waals surface area contributed by atoms with E-state index in [4.69, 9.17) is 0 Å². The van der Waals surface area contributed by atoms with Gasteiger partial charge in [-0.2, -0.15) is 0 Å². The van der Waals surface area contributed by atoms with Crippen molar-refractivity contribution in [2.24, 2.45) is 0 Å². The molecule has 0 saturated carbocycles. The summed E-state index contributed by atoms with van der Waals surface area (Å²) in [6, 6.07) is 12.9. The second-order valence-corrected chi connectivity index (χ2v) is 6.91. The Labute approximate surface area is 173 Å². The van der Waals surface area contributed by atoms with E-state index in [2.05, 4.69) is 15.3 Å². The van der Waals surface area contributed by atoms with Gasteiger partial charge < -0.3 is 15.1 Å². The first-order valence-electron chi connectivity index (χ1n) is 9.54. The Kier molecular flexibility index (Phi) is 5.65. The summed E-state index contributed by atoms with van der Waals surface area (Å²) in [5.41, 5.74) is 1.81. The molecule has 0 radical (unpaired) electrons. The molecule has 4 rings (SSSR count). The van der Waals surface area contributed by atoms with Crippen LogP contribution in [0, 0.1) is 5.82 Å². The molecule has 0 spiro atoms. The molecule has 1 N–H and O–H groups in total. The number of hydrogen-bond donors (Lipinski definition) is 1.